The van der Waals surface area contributed by atoms with Crippen molar-refractivity contribution >= 4 is 38.9 Å². The molecule has 0 unspecified atom stereocenters. The summed E-state index contributed by atoms with van der Waals surface area (Å²) in [6.45, 7) is 0. The predicted molar refractivity (Wildman–Crippen MR) is 263 cm³/mol. The summed E-state index contributed by atoms with van der Waals surface area (Å²) in [6, 6.07) is 92.1. The number of rotatable bonds is 9. The number of anilines is 3. The minimum Gasteiger partial charge on any atom is -0.310 e. The molecule has 0 amide bonds. The molecule has 0 bridgehead atoms. The number of nitrogens with zero attached hydrogens (tertiary/aromatic N) is 2. The monoisotopic (exact) mass is 790 g/mol. The zero-order chi connectivity index (χ0) is 41.2. The molecule has 0 atom stereocenters. The molecule has 0 saturated heterocycles. The Balaban J connectivity index is 1.10. The van der Waals surface area contributed by atoms with Crippen LogP contribution < -0.4 is 4.90 Å². The van der Waals surface area contributed by atoms with Gasteiger partial charge in [0.2, 0.25) is 0 Å². The van der Waals surface area contributed by atoms with E-state index < -0.39 is 0 Å². The summed E-state index contributed by atoms with van der Waals surface area (Å²) in [6.07, 6.45) is 0. The maximum atomic E-state index is 2.44. The molecule has 11 aromatic rings. The van der Waals surface area contributed by atoms with Gasteiger partial charge >= 0.3 is 0 Å². The predicted octanol–water partition coefficient (Wildman–Crippen LogP) is 16.6. The second-order valence-electron chi connectivity index (χ2n) is 15.7. The van der Waals surface area contributed by atoms with E-state index in [2.05, 4.69) is 264 Å². The quantitative estimate of drug-likeness (QED) is 0.141. The minimum absolute atomic E-state index is 1.07. The second-order valence-corrected chi connectivity index (χ2v) is 15.7. The van der Waals surface area contributed by atoms with Crippen molar-refractivity contribution in [3.63, 3.8) is 0 Å². The highest BCUT2D eigenvalue weighted by atomic mass is 15.1. The van der Waals surface area contributed by atoms with Crippen LogP contribution in [0.15, 0.2) is 255 Å². The van der Waals surface area contributed by atoms with E-state index in [1.807, 2.05) is 0 Å². The number of hydrogen-bond donors (Lipinski definition) is 0. The Morgan fingerprint density at radius 3 is 1.50 bits per heavy atom. The molecule has 0 saturated carbocycles. The summed E-state index contributed by atoms with van der Waals surface area (Å²) in [5.74, 6) is 0. The summed E-state index contributed by atoms with van der Waals surface area (Å²) in [5, 5.41) is 2.49. The van der Waals surface area contributed by atoms with Gasteiger partial charge in [0.1, 0.15) is 0 Å². The van der Waals surface area contributed by atoms with Crippen LogP contribution >= 0.6 is 0 Å². The van der Waals surface area contributed by atoms with E-state index in [4.69, 9.17) is 0 Å². The normalized spacial score (nSPS) is 11.2. The van der Waals surface area contributed by atoms with Gasteiger partial charge in [-0.1, -0.05) is 194 Å². The van der Waals surface area contributed by atoms with Gasteiger partial charge in [0.05, 0.1) is 16.7 Å². The molecule has 0 aliphatic carbocycles. The summed E-state index contributed by atoms with van der Waals surface area (Å²) < 4.78 is 2.37. The highest BCUT2D eigenvalue weighted by Crippen LogP contribution is 2.48. The smallest absolute Gasteiger partial charge is 0.0546 e. The molecule has 62 heavy (non-hydrogen) atoms. The molecule has 2 heteroatoms. The van der Waals surface area contributed by atoms with Crippen LogP contribution in [0.4, 0.5) is 17.1 Å². The van der Waals surface area contributed by atoms with Crippen LogP contribution in [0.1, 0.15) is 0 Å². The van der Waals surface area contributed by atoms with E-state index in [9.17, 15) is 0 Å². The standard InChI is InChI=1S/C60H42N2/c1-5-19-43(20-6-1)47-25-17-28-51(41-47)61(59-34-18-32-53(46-23-9-3-10-24-46)60(59)55-31-14-13-29-52(55)45-21-7-2-8-22-45)50-38-35-44(36-39-50)48-37-40-58-56(42-48)54-30-15-16-33-57(54)62(58)49-26-11-4-12-27-49/h1-42H. The minimum atomic E-state index is 1.07. The highest BCUT2D eigenvalue weighted by molar-refractivity contribution is 6.10. The van der Waals surface area contributed by atoms with Crippen molar-refractivity contribution in [2.24, 2.45) is 0 Å². The molecule has 11 rings (SSSR count). The molecular weight excluding hydrogens is 749 g/mol. The molecule has 1 aromatic heterocycles. The maximum absolute atomic E-state index is 2.44. The number of benzene rings is 10. The van der Waals surface area contributed by atoms with Crippen LogP contribution in [0.25, 0.3) is 83.1 Å². The van der Waals surface area contributed by atoms with E-state index in [-0.39, 0.29) is 0 Å². The molecule has 0 N–H and O–H groups in total. The zero-order valence-corrected chi connectivity index (χ0v) is 34.1. The average molecular weight is 791 g/mol. The van der Waals surface area contributed by atoms with Crippen molar-refractivity contribution in [3.05, 3.63) is 255 Å². The fourth-order valence-corrected chi connectivity index (χ4v) is 9.13. The fourth-order valence-electron chi connectivity index (χ4n) is 9.13. The molecule has 10 aromatic carbocycles. The Bertz CT molecular complexity index is 3310. The van der Waals surface area contributed by atoms with Crippen LogP contribution in [0, 0.1) is 0 Å². The van der Waals surface area contributed by atoms with E-state index in [1.165, 1.54) is 66.3 Å². The Labute approximate surface area is 362 Å². The largest absolute Gasteiger partial charge is 0.310 e. The van der Waals surface area contributed by atoms with Gasteiger partial charge in [-0.05, 0) is 111 Å². The van der Waals surface area contributed by atoms with Crippen LogP contribution in [0.3, 0.4) is 0 Å². The molecule has 1 heterocycles. The van der Waals surface area contributed by atoms with Crippen molar-refractivity contribution in [2.75, 3.05) is 4.90 Å². The van der Waals surface area contributed by atoms with Gasteiger partial charge in [-0.25, -0.2) is 0 Å². The average Bonchev–Trinajstić information content (AvgIpc) is 3.69. The topological polar surface area (TPSA) is 8.17 Å². The van der Waals surface area contributed by atoms with Crippen molar-refractivity contribution in [1.29, 1.82) is 0 Å². The molecule has 0 fully saturated rings. The number of hydrogen-bond acceptors (Lipinski definition) is 1. The second kappa shape index (κ2) is 16.1. The summed E-state index contributed by atoms with van der Waals surface area (Å²) in [5.41, 5.74) is 18.6. The first-order valence-electron chi connectivity index (χ1n) is 21.3. The molecule has 292 valence electrons. The van der Waals surface area contributed by atoms with Gasteiger partial charge in [-0.15, -0.1) is 0 Å². The van der Waals surface area contributed by atoms with Crippen LogP contribution in [-0.2, 0) is 0 Å². The highest BCUT2D eigenvalue weighted by Gasteiger charge is 2.23. The summed E-state index contributed by atoms with van der Waals surface area (Å²) >= 11 is 0. The first kappa shape index (κ1) is 36.8. The van der Waals surface area contributed by atoms with Crippen molar-refractivity contribution in [1.82, 2.24) is 4.57 Å². The van der Waals surface area contributed by atoms with Gasteiger partial charge in [0.25, 0.3) is 0 Å². The van der Waals surface area contributed by atoms with E-state index in [0.29, 0.717) is 0 Å². The van der Waals surface area contributed by atoms with Crippen LogP contribution in [-0.4, -0.2) is 4.57 Å². The molecule has 0 aliphatic heterocycles. The SMILES string of the molecule is c1ccc(-c2cccc(N(c3ccc(-c4ccc5c(c4)c4ccccc4n5-c4ccccc4)cc3)c3cccc(-c4ccccc4)c3-c3ccccc3-c3ccccc3)c2)cc1. The third kappa shape index (κ3) is 6.74. The van der Waals surface area contributed by atoms with Crippen molar-refractivity contribution in [3.8, 4) is 61.3 Å². The van der Waals surface area contributed by atoms with Gasteiger partial charge < -0.3 is 9.47 Å². The molecule has 0 spiro atoms. The van der Waals surface area contributed by atoms with E-state index >= 15 is 0 Å². The number of para-hydroxylation sites is 2. The Morgan fingerprint density at radius 1 is 0.274 bits per heavy atom. The third-order valence-electron chi connectivity index (χ3n) is 12.0. The van der Waals surface area contributed by atoms with Crippen LogP contribution in [0.2, 0.25) is 0 Å². The van der Waals surface area contributed by atoms with Gasteiger partial charge in [-0.3, -0.25) is 0 Å². The lowest BCUT2D eigenvalue weighted by atomic mass is 9.87. The molecular formula is C60H42N2. The lowest BCUT2D eigenvalue weighted by molar-refractivity contribution is 1.18. The van der Waals surface area contributed by atoms with Crippen LogP contribution in [0.5, 0.6) is 0 Å². The lowest BCUT2D eigenvalue weighted by Crippen LogP contribution is -2.12. The number of fused-ring (bicyclic) bond motifs is 3. The van der Waals surface area contributed by atoms with E-state index in [0.717, 1.165) is 33.9 Å². The molecule has 0 aliphatic rings. The van der Waals surface area contributed by atoms with Gasteiger partial charge in [0, 0.05) is 33.4 Å². The maximum Gasteiger partial charge on any atom is 0.0546 e. The molecule has 2 nitrogen and oxygen atoms in total. The fraction of sp³-hybridized carbons (Fsp3) is 0. The third-order valence-corrected chi connectivity index (χ3v) is 12.0. The molecule has 0 radical (unpaired) electrons. The van der Waals surface area contributed by atoms with Gasteiger partial charge in [-0.2, -0.15) is 0 Å². The lowest BCUT2D eigenvalue weighted by Gasteiger charge is -2.30. The zero-order valence-electron chi connectivity index (χ0n) is 34.1. The first-order valence-corrected chi connectivity index (χ1v) is 21.3. The Morgan fingerprint density at radius 2 is 0.774 bits per heavy atom. The van der Waals surface area contributed by atoms with Crippen molar-refractivity contribution < 1.29 is 0 Å². The Hall–Kier alpha value is -8.20. The van der Waals surface area contributed by atoms with Gasteiger partial charge in [0.15, 0.2) is 0 Å². The summed E-state index contributed by atoms with van der Waals surface area (Å²) in [4.78, 5) is 2.44. The van der Waals surface area contributed by atoms with E-state index in [1.54, 1.807) is 0 Å². The number of aromatic nitrogens is 1. The first-order chi connectivity index (χ1) is 30.8. The Kier molecular flexibility index (Phi) is 9.57. The van der Waals surface area contributed by atoms with Crippen molar-refractivity contribution in [2.45, 2.75) is 0 Å². The summed E-state index contributed by atoms with van der Waals surface area (Å²) in [7, 11) is 0.